The Morgan fingerprint density at radius 2 is 2.20 bits per heavy atom. The molecule has 4 heterocycles. The van der Waals surface area contributed by atoms with Crippen LogP contribution in [0.3, 0.4) is 0 Å². The first-order valence-corrected chi connectivity index (χ1v) is 8.15. The Hall–Kier alpha value is -2.70. The van der Waals surface area contributed by atoms with Crippen LogP contribution in [0.25, 0.3) is 16.6 Å². The van der Waals surface area contributed by atoms with Crippen LogP contribution in [-0.2, 0) is 20.8 Å². The molecule has 5 rings (SSSR count). The van der Waals surface area contributed by atoms with Crippen LogP contribution >= 0.6 is 0 Å². The van der Waals surface area contributed by atoms with Crippen molar-refractivity contribution < 1.29 is 19.4 Å². The first kappa shape index (κ1) is 14.6. The Morgan fingerprint density at radius 3 is 3.04 bits per heavy atom. The van der Waals surface area contributed by atoms with E-state index < -0.39 is 18.3 Å². The molecule has 6 nitrogen and oxygen atoms in total. The minimum atomic E-state index is -0.849. The Kier molecular flexibility index (Phi) is 3.01. The van der Waals surface area contributed by atoms with Gasteiger partial charge in [-0.25, -0.2) is 9.78 Å². The standard InChI is InChI=1S/C19H16N2O4/c1-24-17-12-7-15-16-11(6-10-4-2-3-5-14(10)20-16)8-21(15)18(22)13(12)9-25-19(17)23/h2-7,17-18,22H,8-9H2,1H3. The van der Waals surface area contributed by atoms with Crippen LogP contribution in [0.15, 0.2) is 47.6 Å². The summed E-state index contributed by atoms with van der Waals surface area (Å²) in [6.07, 6.45) is 0.250. The maximum atomic E-state index is 12.0. The third kappa shape index (κ3) is 1.98. The number of carbonyl (C=O) groups is 1. The summed E-state index contributed by atoms with van der Waals surface area (Å²) in [6, 6.07) is 10.1. The SMILES string of the molecule is COC1C(=O)OCC2=C1C=C1c3nc4ccccc4cc3CN1C2O. The van der Waals surface area contributed by atoms with E-state index in [1.165, 1.54) is 7.11 Å². The molecule has 0 bridgehead atoms. The number of aromatic nitrogens is 1. The molecule has 126 valence electrons. The van der Waals surface area contributed by atoms with Crippen LogP contribution in [-0.4, -0.2) is 47.0 Å². The number of methoxy groups -OCH3 is 1. The fourth-order valence-corrected chi connectivity index (χ4v) is 3.83. The Morgan fingerprint density at radius 1 is 1.36 bits per heavy atom. The minimum absolute atomic E-state index is 0.0845. The van der Waals surface area contributed by atoms with Gasteiger partial charge in [0.05, 0.1) is 16.9 Å². The first-order chi connectivity index (χ1) is 12.2. The predicted molar refractivity (Wildman–Crippen MR) is 90.1 cm³/mol. The minimum Gasteiger partial charge on any atom is -0.459 e. The van der Waals surface area contributed by atoms with Crippen molar-refractivity contribution in [1.82, 2.24) is 9.88 Å². The second kappa shape index (κ2) is 5.15. The molecular formula is C19H16N2O4. The Labute approximate surface area is 144 Å². The number of fused-ring (bicyclic) bond motifs is 4. The van der Waals surface area contributed by atoms with E-state index >= 15 is 0 Å². The molecule has 0 saturated heterocycles. The number of cyclic esters (lactones) is 1. The molecule has 1 aromatic heterocycles. The van der Waals surface area contributed by atoms with Crippen molar-refractivity contribution in [3.8, 4) is 0 Å². The van der Waals surface area contributed by atoms with Crippen LogP contribution in [0, 0.1) is 0 Å². The van der Waals surface area contributed by atoms with Gasteiger partial charge >= 0.3 is 5.97 Å². The molecule has 2 aromatic rings. The zero-order valence-electron chi connectivity index (χ0n) is 13.6. The number of carbonyl (C=O) groups excluding carboxylic acids is 1. The lowest BCUT2D eigenvalue weighted by Crippen LogP contribution is -2.43. The zero-order valence-corrected chi connectivity index (χ0v) is 13.6. The lowest BCUT2D eigenvalue weighted by atomic mass is 9.94. The molecule has 2 unspecified atom stereocenters. The third-order valence-electron chi connectivity index (χ3n) is 5.07. The largest absolute Gasteiger partial charge is 0.459 e. The van der Waals surface area contributed by atoms with Gasteiger partial charge in [-0.1, -0.05) is 18.2 Å². The summed E-state index contributed by atoms with van der Waals surface area (Å²) >= 11 is 0. The molecule has 0 fully saturated rings. The van der Waals surface area contributed by atoms with Gasteiger partial charge < -0.3 is 19.5 Å². The van der Waals surface area contributed by atoms with Crippen molar-refractivity contribution in [3.63, 3.8) is 0 Å². The number of para-hydroxylation sites is 1. The van der Waals surface area contributed by atoms with Gasteiger partial charge in [0.15, 0.2) is 12.3 Å². The van der Waals surface area contributed by atoms with Gasteiger partial charge in [-0.05, 0) is 23.8 Å². The summed E-state index contributed by atoms with van der Waals surface area (Å²) < 4.78 is 10.5. The van der Waals surface area contributed by atoms with E-state index in [0.717, 1.165) is 27.9 Å². The van der Waals surface area contributed by atoms with Crippen LogP contribution in [0.5, 0.6) is 0 Å². The first-order valence-electron chi connectivity index (χ1n) is 8.15. The van der Waals surface area contributed by atoms with Crippen LogP contribution in [0.2, 0.25) is 0 Å². The highest BCUT2D eigenvalue weighted by Gasteiger charge is 2.42. The van der Waals surface area contributed by atoms with E-state index in [2.05, 4.69) is 6.07 Å². The molecule has 0 spiro atoms. The van der Waals surface area contributed by atoms with E-state index in [-0.39, 0.29) is 6.61 Å². The number of esters is 1. The Balaban J connectivity index is 1.69. The van der Waals surface area contributed by atoms with Crippen molar-refractivity contribution in [2.75, 3.05) is 13.7 Å². The second-order valence-electron chi connectivity index (χ2n) is 6.42. The summed E-state index contributed by atoms with van der Waals surface area (Å²) in [5, 5.41) is 11.9. The second-order valence-corrected chi connectivity index (χ2v) is 6.42. The molecule has 1 N–H and O–H groups in total. The lowest BCUT2D eigenvalue weighted by Gasteiger charge is -2.37. The number of aliphatic hydroxyl groups excluding tert-OH is 1. The van der Waals surface area contributed by atoms with Crippen molar-refractivity contribution in [2.45, 2.75) is 18.9 Å². The van der Waals surface area contributed by atoms with Gasteiger partial charge in [-0.3, -0.25) is 0 Å². The zero-order chi connectivity index (χ0) is 17.1. The Bertz CT molecular complexity index is 979. The summed E-state index contributed by atoms with van der Waals surface area (Å²) in [4.78, 5) is 18.6. The quantitative estimate of drug-likeness (QED) is 0.798. The maximum absolute atomic E-state index is 12.0. The molecule has 3 aliphatic rings. The van der Waals surface area contributed by atoms with Crippen LogP contribution in [0.1, 0.15) is 11.3 Å². The fraction of sp³-hybridized carbons (Fsp3) is 0.263. The van der Waals surface area contributed by atoms with E-state index in [1.54, 1.807) is 0 Å². The van der Waals surface area contributed by atoms with E-state index in [1.807, 2.05) is 35.2 Å². The van der Waals surface area contributed by atoms with Gasteiger partial charge in [0, 0.05) is 30.2 Å². The molecule has 1 aromatic carbocycles. The maximum Gasteiger partial charge on any atom is 0.340 e. The summed E-state index contributed by atoms with van der Waals surface area (Å²) in [6.45, 7) is 0.657. The van der Waals surface area contributed by atoms with Gasteiger partial charge in [-0.15, -0.1) is 0 Å². The summed E-state index contributed by atoms with van der Waals surface area (Å²) in [7, 11) is 1.47. The van der Waals surface area contributed by atoms with Crippen molar-refractivity contribution >= 4 is 22.6 Å². The average Bonchev–Trinajstić information content (AvgIpc) is 2.98. The number of rotatable bonds is 1. The van der Waals surface area contributed by atoms with Gasteiger partial charge in [0.25, 0.3) is 0 Å². The molecule has 0 amide bonds. The van der Waals surface area contributed by atoms with Gasteiger partial charge in [0.1, 0.15) is 6.61 Å². The molecule has 0 radical (unpaired) electrons. The van der Waals surface area contributed by atoms with Gasteiger partial charge in [0.2, 0.25) is 0 Å². The van der Waals surface area contributed by atoms with Crippen molar-refractivity contribution in [1.29, 1.82) is 0 Å². The number of hydrogen-bond acceptors (Lipinski definition) is 6. The van der Waals surface area contributed by atoms with Crippen molar-refractivity contribution in [2.24, 2.45) is 0 Å². The number of pyridine rings is 1. The molecule has 25 heavy (non-hydrogen) atoms. The smallest absolute Gasteiger partial charge is 0.340 e. The lowest BCUT2D eigenvalue weighted by molar-refractivity contribution is -0.154. The summed E-state index contributed by atoms with van der Waals surface area (Å²) in [5.74, 6) is -0.427. The monoisotopic (exact) mass is 336 g/mol. The van der Waals surface area contributed by atoms with E-state index in [4.69, 9.17) is 14.5 Å². The molecule has 0 aliphatic carbocycles. The summed E-state index contributed by atoms with van der Waals surface area (Å²) in [5.41, 5.74) is 4.99. The number of ether oxygens (including phenoxy) is 2. The molecule has 6 heteroatoms. The fourth-order valence-electron chi connectivity index (χ4n) is 3.83. The van der Waals surface area contributed by atoms with Crippen LogP contribution < -0.4 is 0 Å². The highest BCUT2D eigenvalue weighted by Crippen LogP contribution is 2.42. The highest BCUT2D eigenvalue weighted by molar-refractivity contribution is 5.87. The number of aliphatic hydroxyl groups is 1. The predicted octanol–water partition coefficient (Wildman–Crippen LogP) is 1.59. The number of benzene rings is 1. The van der Waals surface area contributed by atoms with E-state index in [9.17, 15) is 9.90 Å². The average molecular weight is 336 g/mol. The molecular weight excluding hydrogens is 320 g/mol. The van der Waals surface area contributed by atoms with E-state index in [0.29, 0.717) is 17.7 Å². The normalized spacial score (nSPS) is 24.6. The molecule has 3 aliphatic heterocycles. The highest BCUT2D eigenvalue weighted by atomic mass is 16.6. The molecule has 0 saturated carbocycles. The number of nitrogens with zero attached hydrogens (tertiary/aromatic N) is 2. The molecule has 2 atom stereocenters. The van der Waals surface area contributed by atoms with Crippen molar-refractivity contribution in [3.05, 3.63) is 58.8 Å². The van der Waals surface area contributed by atoms with Crippen LogP contribution in [0.4, 0.5) is 0 Å². The van der Waals surface area contributed by atoms with Gasteiger partial charge in [-0.2, -0.15) is 0 Å². The number of hydrogen-bond donors (Lipinski definition) is 1. The topological polar surface area (TPSA) is 71.9 Å². The third-order valence-corrected chi connectivity index (χ3v) is 5.07.